The summed E-state index contributed by atoms with van der Waals surface area (Å²) in [7, 11) is 6.48. The number of carbonyl (C=O) groups excluding carboxylic acids is 1. The Morgan fingerprint density at radius 2 is 1.27 bits per heavy atom. The summed E-state index contributed by atoms with van der Waals surface area (Å²) in [6.45, 7) is 9.62. The van der Waals surface area contributed by atoms with Crippen LogP contribution in [0.25, 0.3) is 0 Å². The van der Waals surface area contributed by atoms with Gasteiger partial charge in [0, 0.05) is 65.4 Å². The molecule has 1 rings (SSSR count). The van der Waals surface area contributed by atoms with Crippen LogP contribution >= 0.6 is 0 Å². The maximum absolute atomic E-state index is 11.9. The molecule has 0 atom stereocenters. The van der Waals surface area contributed by atoms with Gasteiger partial charge in [0.05, 0.1) is 6.54 Å². The van der Waals surface area contributed by atoms with Crippen LogP contribution in [-0.4, -0.2) is 119 Å². The van der Waals surface area contributed by atoms with Crippen LogP contribution in [0.2, 0.25) is 0 Å². The Kier molecular flexibility index (Phi) is 9.58. The number of nitrogens with zero attached hydrogens (tertiary/aromatic N) is 4. The molecule has 130 valence electrons. The molecule has 22 heavy (non-hydrogen) atoms. The first-order valence-electron chi connectivity index (χ1n) is 8.26. The Hall–Kier alpha value is -0.730. The minimum atomic E-state index is 0.0718. The molecule has 7 heteroatoms. The molecule has 1 fully saturated rings. The van der Waals surface area contributed by atoms with Crippen LogP contribution in [-0.2, 0) is 4.79 Å². The van der Waals surface area contributed by atoms with Gasteiger partial charge in [0.15, 0.2) is 0 Å². The molecule has 1 heterocycles. The molecule has 0 saturated carbocycles. The predicted molar refractivity (Wildman–Crippen MR) is 91.0 cm³/mol. The van der Waals surface area contributed by atoms with Crippen molar-refractivity contribution in [1.29, 1.82) is 0 Å². The van der Waals surface area contributed by atoms with Gasteiger partial charge in [-0.25, -0.2) is 0 Å². The first kappa shape index (κ1) is 19.3. The zero-order valence-corrected chi connectivity index (χ0v) is 14.6. The van der Waals surface area contributed by atoms with Gasteiger partial charge in [-0.3, -0.25) is 9.69 Å². The van der Waals surface area contributed by atoms with Crippen LogP contribution in [0, 0.1) is 0 Å². The van der Waals surface area contributed by atoms with Crippen molar-refractivity contribution >= 4 is 5.91 Å². The fourth-order valence-electron chi connectivity index (χ4n) is 2.38. The van der Waals surface area contributed by atoms with E-state index < -0.39 is 0 Å². The van der Waals surface area contributed by atoms with Gasteiger partial charge in [0.25, 0.3) is 0 Å². The van der Waals surface area contributed by atoms with Crippen molar-refractivity contribution in [3.63, 3.8) is 0 Å². The first-order chi connectivity index (χ1) is 10.5. The molecular formula is C15H34N6O. The summed E-state index contributed by atoms with van der Waals surface area (Å²) < 4.78 is 0. The van der Waals surface area contributed by atoms with Crippen LogP contribution in [0.4, 0.5) is 0 Å². The van der Waals surface area contributed by atoms with Crippen LogP contribution in [0.1, 0.15) is 0 Å². The van der Waals surface area contributed by atoms with Crippen molar-refractivity contribution < 1.29 is 4.79 Å². The molecule has 0 aliphatic carbocycles. The Morgan fingerprint density at radius 3 is 1.68 bits per heavy atom. The maximum atomic E-state index is 11.9. The molecule has 0 bridgehead atoms. The third-order valence-corrected chi connectivity index (χ3v) is 4.16. The number of amides is 1. The van der Waals surface area contributed by atoms with Gasteiger partial charge < -0.3 is 25.8 Å². The molecule has 0 aromatic rings. The molecule has 0 unspecified atom stereocenters. The lowest BCUT2D eigenvalue weighted by Crippen LogP contribution is -2.46. The zero-order valence-electron chi connectivity index (χ0n) is 14.6. The molecule has 0 aromatic heterocycles. The summed E-state index contributed by atoms with van der Waals surface area (Å²) in [5.74, 6) is 0.0718. The lowest BCUT2D eigenvalue weighted by atomic mass is 10.3. The molecule has 0 radical (unpaired) electrons. The summed E-state index contributed by atoms with van der Waals surface area (Å²) in [5, 5.41) is 2.85. The van der Waals surface area contributed by atoms with Crippen molar-refractivity contribution in [3.8, 4) is 0 Å². The average molecular weight is 314 g/mol. The fraction of sp³-hybridized carbons (Fsp3) is 0.933. The van der Waals surface area contributed by atoms with Crippen molar-refractivity contribution in [2.75, 3.05) is 93.1 Å². The van der Waals surface area contributed by atoms with Crippen LogP contribution in [0.3, 0.4) is 0 Å². The number of rotatable bonds is 4. The minimum absolute atomic E-state index is 0.0718. The normalized spacial score (nSPS) is 22.0. The number of nitrogens with two attached hydrogens (primary N) is 1. The van der Waals surface area contributed by atoms with Crippen molar-refractivity contribution in [2.24, 2.45) is 5.73 Å². The Balaban J connectivity index is 2.50. The van der Waals surface area contributed by atoms with Crippen LogP contribution in [0.15, 0.2) is 0 Å². The number of nitrogens with one attached hydrogen (secondary N) is 1. The van der Waals surface area contributed by atoms with Gasteiger partial charge in [0.2, 0.25) is 5.91 Å². The second kappa shape index (κ2) is 10.9. The van der Waals surface area contributed by atoms with Gasteiger partial charge in [0.1, 0.15) is 0 Å². The van der Waals surface area contributed by atoms with E-state index in [0.29, 0.717) is 19.6 Å². The average Bonchev–Trinajstić information content (AvgIpc) is 2.50. The third kappa shape index (κ3) is 8.65. The zero-order chi connectivity index (χ0) is 16.4. The predicted octanol–water partition coefficient (Wildman–Crippen LogP) is -1.83. The fourth-order valence-corrected chi connectivity index (χ4v) is 2.38. The van der Waals surface area contributed by atoms with E-state index in [-0.39, 0.29) is 5.91 Å². The highest BCUT2D eigenvalue weighted by Crippen LogP contribution is 1.96. The van der Waals surface area contributed by atoms with Crippen LogP contribution < -0.4 is 11.1 Å². The molecule has 1 amide bonds. The molecule has 1 aliphatic rings. The van der Waals surface area contributed by atoms with E-state index in [0.717, 1.165) is 52.4 Å². The van der Waals surface area contributed by atoms with Gasteiger partial charge >= 0.3 is 0 Å². The van der Waals surface area contributed by atoms with E-state index in [4.69, 9.17) is 5.73 Å². The summed E-state index contributed by atoms with van der Waals surface area (Å²) in [5.41, 5.74) is 5.43. The molecule has 1 aliphatic heterocycles. The first-order valence-corrected chi connectivity index (χ1v) is 8.26. The minimum Gasteiger partial charge on any atom is -0.354 e. The number of likely N-dealkylation sites (N-methyl/N-ethyl adjacent to an activating group) is 3. The van der Waals surface area contributed by atoms with Gasteiger partial charge in [-0.1, -0.05) is 0 Å². The monoisotopic (exact) mass is 314 g/mol. The van der Waals surface area contributed by atoms with Crippen molar-refractivity contribution in [3.05, 3.63) is 0 Å². The standard InChI is InChI=1S/C15H34N6O/c1-18-6-8-19(2)10-12-21(13-11-20(3)9-7-18)14-15(22)17-5-4-16/h4-14,16H2,1-3H3,(H,17,22). The summed E-state index contributed by atoms with van der Waals surface area (Å²) in [4.78, 5) is 21.2. The lowest BCUT2D eigenvalue weighted by Gasteiger charge is -2.30. The topological polar surface area (TPSA) is 68.1 Å². The Bertz CT molecular complexity index is 296. The Morgan fingerprint density at radius 1 is 0.864 bits per heavy atom. The third-order valence-electron chi connectivity index (χ3n) is 4.16. The van der Waals surface area contributed by atoms with E-state index in [2.05, 4.69) is 46.1 Å². The molecule has 7 nitrogen and oxygen atoms in total. The molecule has 0 spiro atoms. The van der Waals surface area contributed by atoms with Gasteiger partial charge in [-0.2, -0.15) is 0 Å². The van der Waals surface area contributed by atoms with E-state index in [9.17, 15) is 4.79 Å². The Labute approximate surface area is 135 Å². The smallest absolute Gasteiger partial charge is 0.234 e. The molecule has 1 saturated heterocycles. The van der Waals surface area contributed by atoms with E-state index in [1.807, 2.05) is 0 Å². The van der Waals surface area contributed by atoms with E-state index in [1.54, 1.807) is 0 Å². The second-order valence-electron chi connectivity index (χ2n) is 6.32. The largest absolute Gasteiger partial charge is 0.354 e. The molecule has 0 aromatic carbocycles. The number of hydrogen-bond acceptors (Lipinski definition) is 6. The van der Waals surface area contributed by atoms with Crippen molar-refractivity contribution in [2.45, 2.75) is 0 Å². The maximum Gasteiger partial charge on any atom is 0.234 e. The lowest BCUT2D eigenvalue weighted by molar-refractivity contribution is -0.122. The SMILES string of the molecule is CN1CCN(C)CCN(CC(=O)NCCN)CCN(C)CC1. The highest BCUT2D eigenvalue weighted by molar-refractivity contribution is 5.77. The highest BCUT2D eigenvalue weighted by atomic mass is 16.2. The number of hydrogen-bond donors (Lipinski definition) is 2. The summed E-state index contributed by atoms with van der Waals surface area (Å²) in [6, 6.07) is 0. The summed E-state index contributed by atoms with van der Waals surface area (Å²) in [6.07, 6.45) is 0. The van der Waals surface area contributed by atoms with Gasteiger partial charge in [-0.15, -0.1) is 0 Å². The van der Waals surface area contributed by atoms with Crippen molar-refractivity contribution in [1.82, 2.24) is 24.9 Å². The van der Waals surface area contributed by atoms with Crippen LogP contribution in [0.5, 0.6) is 0 Å². The number of carbonyl (C=O) groups is 1. The van der Waals surface area contributed by atoms with Gasteiger partial charge in [-0.05, 0) is 21.1 Å². The van der Waals surface area contributed by atoms with E-state index in [1.165, 1.54) is 0 Å². The molecular weight excluding hydrogens is 280 g/mol. The second-order valence-corrected chi connectivity index (χ2v) is 6.32. The quantitative estimate of drug-likeness (QED) is 0.636. The van der Waals surface area contributed by atoms with E-state index >= 15 is 0 Å². The highest BCUT2D eigenvalue weighted by Gasteiger charge is 2.14. The summed E-state index contributed by atoms with van der Waals surface area (Å²) >= 11 is 0. The molecule has 3 N–H and O–H groups in total.